The van der Waals surface area contributed by atoms with Crippen LogP contribution in [-0.4, -0.2) is 37.2 Å². The Morgan fingerprint density at radius 1 is 0.328 bits per heavy atom. The zero-order chi connectivity index (χ0) is 46.5. The predicted molar refractivity (Wildman–Crippen MR) is 274 cm³/mol. The zero-order valence-corrected chi connectivity index (χ0v) is 41.3. The highest BCUT2D eigenvalue weighted by atomic mass is 16.6. The van der Waals surface area contributed by atoms with Crippen LogP contribution in [-0.2, 0) is 28.6 Å². The molecule has 1 atom stereocenters. The first-order chi connectivity index (χ1) is 31.5. The lowest BCUT2D eigenvalue weighted by Crippen LogP contribution is -2.30. The molecule has 0 aliphatic heterocycles. The molecule has 0 fully saturated rings. The summed E-state index contributed by atoms with van der Waals surface area (Å²) in [6, 6.07) is 0. The van der Waals surface area contributed by atoms with Crippen LogP contribution >= 0.6 is 0 Å². The molecule has 0 radical (unpaired) electrons. The van der Waals surface area contributed by atoms with Crippen molar-refractivity contribution in [2.45, 2.75) is 226 Å². The average Bonchev–Trinajstić information content (AvgIpc) is 3.29. The van der Waals surface area contributed by atoms with Gasteiger partial charge in [0.15, 0.2) is 6.10 Å². The van der Waals surface area contributed by atoms with E-state index in [-0.39, 0.29) is 37.5 Å². The SMILES string of the molecule is CCCC/C=C\C=C/CCCCCC(=O)OCC(COC(=O)CCCCCCC\C=C/C=C\C=C/CCCCCCC)OC(=O)CCC/C=C\C/C=C\C/C=C\C/C=C\CCCCC. The third-order valence-electron chi connectivity index (χ3n) is 10.6. The molecule has 0 saturated carbocycles. The first-order valence-electron chi connectivity index (χ1n) is 25.9. The number of esters is 3. The molecule has 6 nitrogen and oxygen atoms in total. The van der Waals surface area contributed by atoms with Gasteiger partial charge in [0.2, 0.25) is 0 Å². The summed E-state index contributed by atoms with van der Waals surface area (Å²) in [5.74, 6) is -1.03. The maximum absolute atomic E-state index is 12.8. The number of carbonyl (C=O) groups is 3. The van der Waals surface area contributed by atoms with E-state index in [1.807, 2.05) is 0 Å². The van der Waals surface area contributed by atoms with Gasteiger partial charge in [0.1, 0.15) is 13.2 Å². The number of rotatable bonds is 45. The van der Waals surface area contributed by atoms with Crippen LogP contribution in [0.4, 0.5) is 0 Å². The average molecular weight is 887 g/mol. The van der Waals surface area contributed by atoms with Crippen molar-refractivity contribution in [2.24, 2.45) is 0 Å². The third kappa shape index (κ3) is 49.1. The standard InChI is InChI=1S/C58H94O6/c1-4-7-10-13-16-19-22-24-26-28-30-31-33-36-39-42-45-48-51-57(60)63-54-55(53-62-56(59)50-47-44-41-38-35-21-18-15-12-9-6-3)64-58(61)52-49-46-43-40-37-34-32-29-27-25-23-20-17-14-11-8-5-2/h15,17-18,20-22,24-28,30-32,34-35,40,43,55H,4-14,16,19,23,29,33,36-39,41-42,44-54H2,1-3H3/b18-15-,20-17-,24-22-,27-25-,28-26-,31-30-,34-32-,35-21-,43-40-. The smallest absolute Gasteiger partial charge is 0.306 e. The van der Waals surface area contributed by atoms with Gasteiger partial charge in [-0.05, 0) is 103 Å². The van der Waals surface area contributed by atoms with Crippen molar-refractivity contribution in [1.82, 2.24) is 0 Å². The highest BCUT2D eigenvalue weighted by Crippen LogP contribution is 2.11. The van der Waals surface area contributed by atoms with Crippen LogP contribution in [0.1, 0.15) is 220 Å². The van der Waals surface area contributed by atoms with Gasteiger partial charge in [-0.3, -0.25) is 14.4 Å². The molecule has 64 heavy (non-hydrogen) atoms. The van der Waals surface area contributed by atoms with Crippen molar-refractivity contribution in [1.29, 1.82) is 0 Å². The number of unbranched alkanes of at least 4 members (excludes halogenated alkanes) is 19. The molecule has 1 unspecified atom stereocenters. The van der Waals surface area contributed by atoms with Crippen molar-refractivity contribution in [3.63, 3.8) is 0 Å². The highest BCUT2D eigenvalue weighted by Gasteiger charge is 2.19. The summed E-state index contributed by atoms with van der Waals surface area (Å²) in [6.45, 7) is 6.43. The van der Waals surface area contributed by atoms with Crippen LogP contribution in [0, 0.1) is 0 Å². The van der Waals surface area contributed by atoms with E-state index in [9.17, 15) is 14.4 Å². The maximum Gasteiger partial charge on any atom is 0.306 e. The normalized spacial score (nSPS) is 13.0. The summed E-state index contributed by atoms with van der Waals surface area (Å²) in [5.41, 5.74) is 0. The summed E-state index contributed by atoms with van der Waals surface area (Å²) >= 11 is 0. The number of allylic oxidation sites excluding steroid dienone is 18. The molecule has 0 heterocycles. The summed E-state index contributed by atoms with van der Waals surface area (Å²) in [7, 11) is 0. The summed E-state index contributed by atoms with van der Waals surface area (Å²) in [4.78, 5) is 37.9. The lowest BCUT2D eigenvalue weighted by molar-refractivity contribution is -0.167. The van der Waals surface area contributed by atoms with Gasteiger partial charge in [-0.15, -0.1) is 0 Å². The second-order valence-electron chi connectivity index (χ2n) is 16.8. The fraction of sp³-hybridized carbons (Fsp3) is 0.638. The summed E-state index contributed by atoms with van der Waals surface area (Å²) < 4.78 is 16.7. The molecule has 0 aromatic carbocycles. The zero-order valence-electron chi connectivity index (χ0n) is 41.3. The van der Waals surface area contributed by atoms with Crippen molar-refractivity contribution < 1.29 is 28.6 Å². The Balaban J connectivity index is 4.54. The van der Waals surface area contributed by atoms with E-state index in [4.69, 9.17) is 14.2 Å². The molecule has 0 aromatic heterocycles. The molecule has 6 heteroatoms. The van der Waals surface area contributed by atoms with E-state index in [1.165, 1.54) is 70.6 Å². The quantitative estimate of drug-likeness (QED) is 0.0199. The Kier molecular flexibility index (Phi) is 48.5. The topological polar surface area (TPSA) is 78.9 Å². The van der Waals surface area contributed by atoms with Crippen LogP contribution in [0.5, 0.6) is 0 Å². The Morgan fingerprint density at radius 2 is 0.656 bits per heavy atom. The molecule has 0 N–H and O–H groups in total. The molecule has 0 spiro atoms. The van der Waals surface area contributed by atoms with Gasteiger partial charge in [-0.1, -0.05) is 207 Å². The second kappa shape index (κ2) is 51.7. The minimum Gasteiger partial charge on any atom is -0.462 e. The van der Waals surface area contributed by atoms with Crippen LogP contribution in [0.3, 0.4) is 0 Å². The molecule has 362 valence electrons. The minimum absolute atomic E-state index is 0.121. The predicted octanol–water partition coefficient (Wildman–Crippen LogP) is 17.1. The Labute approximate surface area is 393 Å². The van der Waals surface area contributed by atoms with Gasteiger partial charge in [-0.2, -0.15) is 0 Å². The molecule has 0 aliphatic rings. The summed E-state index contributed by atoms with van der Waals surface area (Å²) in [6.07, 6.45) is 69.3. The van der Waals surface area contributed by atoms with Gasteiger partial charge in [0.25, 0.3) is 0 Å². The van der Waals surface area contributed by atoms with Gasteiger partial charge < -0.3 is 14.2 Å². The van der Waals surface area contributed by atoms with E-state index < -0.39 is 6.10 Å². The summed E-state index contributed by atoms with van der Waals surface area (Å²) in [5, 5.41) is 0. The van der Waals surface area contributed by atoms with Crippen LogP contribution in [0.15, 0.2) is 109 Å². The van der Waals surface area contributed by atoms with Crippen molar-refractivity contribution >= 4 is 17.9 Å². The number of ether oxygens (including phenoxy) is 3. The van der Waals surface area contributed by atoms with E-state index in [1.54, 1.807) is 0 Å². The second-order valence-corrected chi connectivity index (χ2v) is 16.8. The molecule has 0 aliphatic carbocycles. The molecule has 0 rings (SSSR count). The number of hydrogen-bond donors (Lipinski definition) is 0. The third-order valence-corrected chi connectivity index (χ3v) is 10.6. The fourth-order valence-corrected chi connectivity index (χ4v) is 6.59. The van der Waals surface area contributed by atoms with Gasteiger partial charge >= 0.3 is 17.9 Å². The van der Waals surface area contributed by atoms with E-state index in [0.717, 1.165) is 103 Å². The monoisotopic (exact) mass is 887 g/mol. The van der Waals surface area contributed by atoms with Gasteiger partial charge in [0, 0.05) is 19.3 Å². The van der Waals surface area contributed by atoms with Gasteiger partial charge in [-0.25, -0.2) is 0 Å². The fourth-order valence-electron chi connectivity index (χ4n) is 6.59. The highest BCUT2D eigenvalue weighted by molar-refractivity contribution is 5.71. The lowest BCUT2D eigenvalue weighted by Gasteiger charge is -2.18. The maximum atomic E-state index is 12.8. The first kappa shape index (κ1) is 60.1. The lowest BCUT2D eigenvalue weighted by atomic mass is 10.1. The largest absolute Gasteiger partial charge is 0.462 e. The van der Waals surface area contributed by atoms with E-state index in [2.05, 4.69) is 130 Å². The molecule has 0 bridgehead atoms. The van der Waals surface area contributed by atoms with Crippen LogP contribution < -0.4 is 0 Å². The number of carbonyl (C=O) groups excluding carboxylic acids is 3. The van der Waals surface area contributed by atoms with Crippen molar-refractivity contribution in [3.05, 3.63) is 109 Å². The minimum atomic E-state index is -0.827. The number of hydrogen-bond acceptors (Lipinski definition) is 6. The first-order valence-corrected chi connectivity index (χ1v) is 25.9. The molecule has 0 aromatic rings. The van der Waals surface area contributed by atoms with Crippen LogP contribution in [0.2, 0.25) is 0 Å². The molecular formula is C58H94O6. The Bertz CT molecular complexity index is 1340. The Hall–Kier alpha value is -3.93. The molecular weight excluding hydrogens is 793 g/mol. The van der Waals surface area contributed by atoms with E-state index >= 15 is 0 Å². The van der Waals surface area contributed by atoms with Crippen molar-refractivity contribution in [3.8, 4) is 0 Å². The van der Waals surface area contributed by atoms with Crippen LogP contribution in [0.25, 0.3) is 0 Å². The van der Waals surface area contributed by atoms with Gasteiger partial charge in [0.05, 0.1) is 0 Å². The molecule has 0 amide bonds. The Morgan fingerprint density at radius 3 is 1.16 bits per heavy atom. The van der Waals surface area contributed by atoms with E-state index in [0.29, 0.717) is 19.3 Å². The molecule has 0 saturated heterocycles. The van der Waals surface area contributed by atoms with Crippen molar-refractivity contribution in [2.75, 3.05) is 13.2 Å².